The van der Waals surface area contributed by atoms with Crippen molar-refractivity contribution in [2.45, 2.75) is 25.5 Å². The molecule has 4 rings (SSSR count). The molecule has 3 fully saturated rings. The Labute approximate surface area is 176 Å². The number of nitrogens with one attached hydrogen (secondary N) is 1. The van der Waals surface area contributed by atoms with E-state index in [9.17, 15) is 9.59 Å². The number of carbonyl (C=O) groups excluding carboxylic acids is 2. The first-order valence-corrected chi connectivity index (χ1v) is 10.4. The number of benzene rings is 1. The van der Waals surface area contributed by atoms with Crippen molar-refractivity contribution in [3.8, 4) is 0 Å². The monoisotopic (exact) mass is 419 g/mol. The van der Waals surface area contributed by atoms with Crippen LogP contribution in [0.3, 0.4) is 0 Å². The number of rotatable bonds is 5. The van der Waals surface area contributed by atoms with Gasteiger partial charge in [-0.05, 0) is 25.6 Å². The van der Waals surface area contributed by atoms with E-state index in [-0.39, 0.29) is 18.8 Å². The van der Waals surface area contributed by atoms with Crippen molar-refractivity contribution in [3.63, 3.8) is 0 Å². The third kappa shape index (κ3) is 4.21. The summed E-state index contributed by atoms with van der Waals surface area (Å²) in [6, 6.07) is 7.24. The van der Waals surface area contributed by atoms with Gasteiger partial charge >= 0.3 is 5.97 Å². The van der Waals surface area contributed by atoms with Crippen LogP contribution < -0.4 is 5.32 Å². The fourth-order valence-corrected chi connectivity index (χ4v) is 4.36. The fraction of sp³-hybridized carbons (Fsp3) is 0.619. The van der Waals surface area contributed by atoms with Crippen molar-refractivity contribution in [2.24, 2.45) is 5.92 Å². The highest BCUT2D eigenvalue weighted by Crippen LogP contribution is 2.36. The lowest BCUT2D eigenvalue weighted by Gasteiger charge is -2.48. The summed E-state index contributed by atoms with van der Waals surface area (Å²) in [5.41, 5.74) is 1.72. The molecule has 0 radical (unpaired) electrons. The summed E-state index contributed by atoms with van der Waals surface area (Å²) in [6.07, 6.45) is -0.761. The first kappa shape index (κ1) is 21.2. The molecule has 9 heteroatoms. The normalized spacial score (nSPS) is 29.0. The molecule has 164 valence electrons. The van der Waals surface area contributed by atoms with Crippen molar-refractivity contribution in [2.75, 3.05) is 53.2 Å². The van der Waals surface area contributed by atoms with Crippen LogP contribution in [0, 0.1) is 5.92 Å². The molecule has 0 saturated carbocycles. The Morgan fingerprint density at radius 1 is 1.17 bits per heavy atom. The molecule has 1 aromatic rings. The van der Waals surface area contributed by atoms with Crippen molar-refractivity contribution >= 4 is 11.9 Å². The molecule has 3 aliphatic heterocycles. The SMILES string of the molecule is CCOC(=O)C1C(=O)NC(N2CCOCC2)N(C)C1c1cccc(C2OCCO2)c1. The van der Waals surface area contributed by atoms with E-state index >= 15 is 0 Å². The van der Waals surface area contributed by atoms with Crippen LogP contribution in [0.15, 0.2) is 24.3 Å². The second-order valence-electron chi connectivity index (χ2n) is 7.61. The summed E-state index contributed by atoms with van der Waals surface area (Å²) >= 11 is 0. The molecule has 30 heavy (non-hydrogen) atoms. The van der Waals surface area contributed by atoms with Gasteiger partial charge in [-0.25, -0.2) is 0 Å². The number of carbonyl (C=O) groups is 2. The predicted octanol–water partition coefficient (Wildman–Crippen LogP) is 0.630. The van der Waals surface area contributed by atoms with Crippen molar-refractivity contribution in [1.82, 2.24) is 15.1 Å². The molecular weight excluding hydrogens is 390 g/mol. The minimum absolute atomic E-state index is 0.218. The quantitative estimate of drug-likeness (QED) is 0.549. The maximum absolute atomic E-state index is 13.1. The molecule has 3 aliphatic rings. The maximum Gasteiger partial charge on any atom is 0.320 e. The maximum atomic E-state index is 13.1. The molecule has 3 saturated heterocycles. The highest BCUT2D eigenvalue weighted by atomic mass is 16.7. The van der Waals surface area contributed by atoms with E-state index in [2.05, 4.69) is 10.2 Å². The van der Waals surface area contributed by atoms with Gasteiger partial charge in [0.25, 0.3) is 0 Å². The molecule has 3 atom stereocenters. The second-order valence-corrected chi connectivity index (χ2v) is 7.61. The van der Waals surface area contributed by atoms with E-state index in [1.165, 1.54) is 0 Å². The van der Waals surface area contributed by atoms with Gasteiger partial charge in [-0.15, -0.1) is 0 Å². The molecule has 3 unspecified atom stereocenters. The van der Waals surface area contributed by atoms with Crippen molar-refractivity contribution < 1.29 is 28.5 Å². The molecule has 9 nitrogen and oxygen atoms in total. The number of amides is 1. The summed E-state index contributed by atoms with van der Waals surface area (Å²) in [5, 5.41) is 3.00. The van der Waals surface area contributed by atoms with Gasteiger partial charge in [-0.2, -0.15) is 0 Å². The molecule has 1 aromatic carbocycles. The molecule has 3 heterocycles. The summed E-state index contributed by atoms with van der Waals surface area (Å²) in [5.74, 6) is -1.81. The minimum atomic E-state index is -0.965. The van der Waals surface area contributed by atoms with Gasteiger partial charge in [-0.1, -0.05) is 18.2 Å². The van der Waals surface area contributed by atoms with E-state index < -0.39 is 24.2 Å². The Kier molecular flexibility index (Phi) is 6.64. The zero-order valence-electron chi connectivity index (χ0n) is 17.4. The van der Waals surface area contributed by atoms with E-state index in [1.54, 1.807) is 6.92 Å². The largest absolute Gasteiger partial charge is 0.465 e. The number of hydrogen-bond acceptors (Lipinski definition) is 8. The standard InChI is InChI=1S/C21H29N3O6/c1-3-28-19(26)16-17(14-5-4-6-15(13-14)20-29-11-12-30-20)23(2)21(22-18(16)25)24-7-9-27-10-8-24/h4-6,13,16-17,20-21H,3,7-12H2,1-2H3,(H,22,25). The third-order valence-electron chi connectivity index (χ3n) is 5.77. The molecule has 0 aliphatic carbocycles. The van der Waals surface area contributed by atoms with Crippen LogP contribution in [-0.4, -0.2) is 81.1 Å². The molecule has 0 spiro atoms. The minimum Gasteiger partial charge on any atom is -0.465 e. The number of ether oxygens (including phenoxy) is 4. The number of morpholine rings is 1. The number of esters is 1. The van der Waals surface area contributed by atoms with Gasteiger partial charge in [0, 0.05) is 18.7 Å². The summed E-state index contributed by atoms with van der Waals surface area (Å²) in [7, 11) is 1.92. The molecule has 0 aromatic heterocycles. The fourth-order valence-electron chi connectivity index (χ4n) is 4.36. The van der Waals surface area contributed by atoms with Crippen molar-refractivity contribution in [1.29, 1.82) is 0 Å². The summed E-state index contributed by atoms with van der Waals surface area (Å²) < 4.78 is 22.0. The Hall–Kier alpha value is -2.04. The van der Waals surface area contributed by atoms with Gasteiger partial charge in [0.05, 0.1) is 39.1 Å². The van der Waals surface area contributed by atoms with Crippen LogP contribution >= 0.6 is 0 Å². The van der Waals surface area contributed by atoms with E-state index in [4.69, 9.17) is 18.9 Å². The first-order chi connectivity index (χ1) is 14.6. The lowest BCUT2D eigenvalue weighted by Crippen LogP contribution is -2.67. The van der Waals surface area contributed by atoms with Gasteiger partial charge < -0.3 is 24.3 Å². The third-order valence-corrected chi connectivity index (χ3v) is 5.77. The van der Waals surface area contributed by atoms with Crippen LogP contribution in [0.1, 0.15) is 30.4 Å². The van der Waals surface area contributed by atoms with E-state index in [0.29, 0.717) is 39.5 Å². The Balaban J connectivity index is 1.67. The topological polar surface area (TPSA) is 89.6 Å². The average Bonchev–Trinajstić information content (AvgIpc) is 3.30. The molecule has 0 bridgehead atoms. The van der Waals surface area contributed by atoms with Gasteiger partial charge in [0.1, 0.15) is 6.29 Å². The molecular formula is C21H29N3O6. The molecule has 1 N–H and O–H groups in total. The second kappa shape index (κ2) is 9.40. The predicted molar refractivity (Wildman–Crippen MR) is 106 cm³/mol. The first-order valence-electron chi connectivity index (χ1n) is 10.4. The highest BCUT2D eigenvalue weighted by Gasteiger charge is 2.48. The Bertz CT molecular complexity index is 763. The van der Waals surface area contributed by atoms with Crippen LogP contribution in [0.2, 0.25) is 0 Å². The molecule has 1 amide bonds. The van der Waals surface area contributed by atoms with Crippen LogP contribution in [0.4, 0.5) is 0 Å². The smallest absolute Gasteiger partial charge is 0.320 e. The lowest BCUT2D eigenvalue weighted by atomic mass is 9.88. The van der Waals surface area contributed by atoms with Crippen LogP contribution in [0.25, 0.3) is 0 Å². The Morgan fingerprint density at radius 2 is 1.87 bits per heavy atom. The van der Waals surface area contributed by atoms with Crippen LogP contribution in [0.5, 0.6) is 0 Å². The summed E-state index contributed by atoms with van der Waals surface area (Å²) in [4.78, 5) is 30.0. The zero-order chi connectivity index (χ0) is 21.1. The van der Waals surface area contributed by atoms with Gasteiger partial charge in [0.2, 0.25) is 5.91 Å². The number of hydrogen-bond donors (Lipinski definition) is 1. The van der Waals surface area contributed by atoms with E-state index in [0.717, 1.165) is 11.1 Å². The van der Waals surface area contributed by atoms with Crippen LogP contribution in [-0.2, 0) is 28.5 Å². The highest BCUT2D eigenvalue weighted by molar-refractivity contribution is 5.99. The average molecular weight is 419 g/mol. The van der Waals surface area contributed by atoms with Gasteiger partial charge in [-0.3, -0.25) is 19.4 Å². The zero-order valence-corrected chi connectivity index (χ0v) is 17.4. The van der Waals surface area contributed by atoms with Gasteiger partial charge in [0.15, 0.2) is 12.2 Å². The summed E-state index contributed by atoms with van der Waals surface area (Å²) in [6.45, 7) is 5.68. The number of nitrogens with zero attached hydrogens (tertiary/aromatic N) is 2. The lowest BCUT2D eigenvalue weighted by molar-refractivity contribution is -0.166. The Morgan fingerprint density at radius 3 is 2.57 bits per heavy atom. The van der Waals surface area contributed by atoms with Crippen molar-refractivity contribution in [3.05, 3.63) is 35.4 Å². The van der Waals surface area contributed by atoms with E-state index in [1.807, 2.05) is 36.2 Å².